The van der Waals surface area contributed by atoms with Crippen LogP contribution in [0.25, 0.3) is 0 Å². The van der Waals surface area contributed by atoms with E-state index in [1.54, 1.807) is 14.2 Å². The summed E-state index contributed by atoms with van der Waals surface area (Å²) in [5.74, 6) is 1.83. The maximum absolute atomic E-state index is 11.7. The number of carbonyl (C=O) groups excluding carboxylic acids is 1. The van der Waals surface area contributed by atoms with Crippen molar-refractivity contribution in [1.29, 1.82) is 0 Å². The standard InChI is InChI=1S/C13H16O3/c1-8-10(14)5-4-9-11(15-2)6-7-12(16-3)13(8)9/h6-8H,4-5H2,1-3H3/t8-/m0/s1. The molecule has 0 amide bonds. The Kier molecular flexibility index (Phi) is 2.86. The van der Waals surface area contributed by atoms with Gasteiger partial charge in [0.15, 0.2) is 0 Å². The molecule has 0 heterocycles. The summed E-state index contributed by atoms with van der Waals surface area (Å²) in [5, 5.41) is 0. The van der Waals surface area contributed by atoms with Gasteiger partial charge in [-0.3, -0.25) is 4.79 Å². The van der Waals surface area contributed by atoms with Crippen LogP contribution in [0.2, 0.25) is 0 Å². The first kappa shape index (κ1) is 11.0. The lowest BCUT2D eigenvalue weighted by Crippen LogP contribution is -2.19. The van der Waals surface area contributed by atoms with Crippen molar-refractivity contribution in [2.75, 3.05) is 14.2 Å². The predicted molar refractivity (Wildman–Crippen MR) is 61.3 cm³/mol. The molecule has 3 heteroatoms. The van der Waals surface area contributed by atoms with E-state index in [9.17, 15) is 4.79 Å². The van der Waals surface area contributed by atoms with Crippen molar-refractivity contribution in [2.24, 2.45) is 0 Å². The summed E-state index contributed by atoms with van der Waals surface area (Å²) >= 11 is 0. The molecule has 1 aromatic carbocycles. The zero-order chi connectivity index (χ0) is 11.7. The summed E-state index contributed by atoms with van der Waals surface area (Å²) in [6.07, 6.45) is 1.34. The Morgan fingerprint density at radius 1 is 1.12 bits per heavy atom. The van der Waals surface area contributed by atoms with Gasteiger partial charge in [-0.1, -0.05) is 6.92 Å². The van der Waals surface area contributed by atoms with Gasteiger partial charge in [0.25, 0.3) is 0 Å². The van der Waals surface area contributed by atoms with Gasteiger partial charge in [-0.25, -0.2) is 0 Å². The number of benzene rings is 1. The highest BCUT2D eigenvalue weighted by Crippen LogP contribution is 2.40. The Morgan fingerprint density at radius 2 is 1.75 bits per heavy atom. The molecule has 16 heavy (non-hydrogen) atoms. The van der Waals surface area contributed by atoms with E-state index in [4.69, 9.17) is 9.47 Å². The number of Topliss-reactive ketones (excluding diaryl/α,β-unsaturated/α-hetero) is 1. The summed E-state index contributed by atoms with van der Waals surface area (Å²) < 4.78 is 10.7. The first-order valence-corrected chi connectivity index (χ1v) is 5.45. The molecule has 0 fully saturated rings. The number of hydrogen-bond donors (Lipinski definition) is 0. The van der Waals surface area contributed by atoms with Crippen LogP contribution in [-0.4, -0.2) is 20.0 Å². The fourth-order valence-corrected chi connectivity index (χ4v) is 2.35. The molecule has 0 saturated heterocycles. The van der Waals surface area contributed by atoms with E-state index >= 15 is 0 Å². The molecule has 1 atom stereocenters. The van der Waals surface area contributed by atoms with Gasteiger partial charge in [0.05, 0.1) is 14.2 Å². The molecule has 3 nitrogen and oxygen atoms in total. The second kappa shape index (κ2) is 4.16. The van der Waals surface area contributed by atoms with Crippen LogP contribution < -0.4 is 9.47 Å². The lowest BCUT2D eigenvalue weighted by molar-refractivity contribution is -0.120. The van der Waals surface area contributed by atoms with E-state index < -0.39 is 0 Å². The van der Waals surface area contributed by atoms with Crippen LogP contribution in [0.3, 0.4) is 0 Å². The van der Waals surface area contributed by atoms with E-state index in [-0.39, 0.29) is 11.7 Å². The third-order valence-corrected chi connectivity index (χ3v) is 3.25. The van der Waals surface area contributed by atoms with Gasteiger partial charge in [-0.05, 0) is 18.6 Å². The number of hydrogen-bond acceptors (Lipinski definition) is 3. The summed E-state index contributed by atoms with van der Waals surface area (Å²) in [6, 6.07) is 3.77. The van der Waals surface area contributed by atoms with Crippen molar-refractivity contribution in [1.82, 2.24) is 0 Å². The van der Waals surface area contributed by atoms with Gasteiger partial charge in [0.1, 0.15) is 17.3 Å². The molecular formula is C13H16O3. The van der Waals surface area contributed by atoms with Crippen LogP contribution >= 0.6 is 0 Å². The zero-order valence-electron chi connectivity index (χ0n) is 9.87. The number of fused-ring (bicyclic) bond motifs is 1. The number of rotatable bonds is 2. The number of carbonyl (C=O) groups is 1. The molecule has 2 rings (SSSR count). The van der Waals surface area contributed by atoms with Crippen LogP contribution in [0.5, 0.6) is 11.5 Å². The Balaban J connectivity index is 2.61. The van der Waals surface area contributed by atoms with E-state index in [0.717, 1.165) is 29.0 Å². The van der Waals surface area contributed by atoms with Crippen LogP contribution in [0, 0.1) is 0 Å². The van der Waals surface area contributed by atoms with E-state index in [1.165, 1.54) is 0 Å². The Hall–Kier alpha value is -1.51. The normalized spacial score (nSPS) is 19.2. The monoisotopic (exact) mass is 220 g/mol. The van der Waals surface area contributed by atoms with Gasteiger partial charge in [-0.15, -0.1) is 0 Å². The summed E-state index contributed by atoms with van der Waals surface area (Å²) in [5.41, 5.74) is 2.12. The first-order valence-electron chi connectivity index (χ1n) is 5.45. The predicted octanol–water partition coefficient (Wildman–Crippen LogP) is 2.32. The maximum Gasteiger partial charge on any atom is 0.140 e. The molecule has 1 aliphatic rings. The Labute approximate surface area is 95.4 Å². The van der Waals surface area contributed by atoms with Crippen LogP contribution in [0.4, 0.5) is 0 Å². The third-order valence-electron chi connectivity index (χ3n) is 3.25. The molecule has 0 N–H and O–H groups in total. The highest BCUT2D eigenvalue weighted by atomic mass is 16.5. The second-order valence-electron chi connectivity index (χ2n) is 4.05. The minimum Gasteiger partial charge on any atom is -0.496 e. The Morgan fingerprint density at radius 3 is 2.38 bits per heavy atom. The smallest absolute Gasteiger partial charge is 0.140 e. The number of methoxy groups -OCH3 is 2. The van der Waals surface area contributed by atoms with Crippen LogP contribution in [-0.2, 0) is 11.2 Å². The third kappa shape index (κ3) is 1.56. The minimum atomic E-state index is -0.0891. The minimum absolute atomic E-state index is 0.0891. The number of ether oxygens (including phenoxy) is 2. The van der Waals surface area contributed by atoms with Gasteiger partial charge < -0.3 is 9.47 Å². The fourth-order valence-electron chi connectivity index (χ4n) is 2.35. The first-order chi connectivity index (χ1) is 7.69. The second-order valence-corrected chi connectivity index (χ2v) is 4.05. The maximum atomic E-state index is 11.7. The van der Waals surface area contributed by atoms with E-state index in [1.807, 2.05) is 19.1 Å². The molecule has 0 bridgehead atoms. The molecule has 0 aromatic heterocycles. The van der Waals surface area contributed by atoms with Crippen molar-refractivity contribution >= 4 is 5.78 Å². The van der Waals surface area contributed by atoms with Crippen molar-refractivity contribution < 1.29 is 14.3 Å². The molecule has 0 spiro atoms. The molecular weight excluding hydrogens is 204 g/mol. The van der Waals surface area contributed by atoms with Crippen molar-refractivity contribution in [3.05, 3.63) is 23.3 Å². The zero-order valence-corrected chi connectivity index (χ0v) is 9.87. The highest BCUT2D eigenvalue weighted by molar-refractivity contribution is 5.89. The lowest BCUT2D eigenvalue weighted by atomic mass is 9.82. The quantitative estimate of drug-likeness (QED) is 0.767. The molecule has 1 aliphatic carbocycles. The molecule has 1 aromatic rings. The van der Waals surface area contributed by atoms with Crippen molar-refractivity contribution in [3.63, 3.8) is 0 Å². The topological polar surface area (TPSA) is 35.5 Å². The fraction of sp³-hybridized carbons (Fsp3) is 0.462. The summed E-state index contributed by atoms with van der Waals surface area (Å²) in [7, 11) is 3.29. The molecule has 86 valence electrons. The van der Waals surface area contributed by atoms with Gasteiger partial charge in [0.2, 0.25) is 0 Å². The largest absolute Gasteiger partial charge is 0.496 e. The van der Waals surface area contributed by atoms with Crippen LogP contribution in [0.15, 0.2) is 12.1 Å². The average Bonchev–Trinajstić information content (AvgIpc) is 2.32. The van der Waals surface area contributed by atoms with E-state index in [2.05, 4.69) is 0 Å². The molecule has 0 saturated carbocycles. The van der Waals surface area contributed by atoms with E-state index in [0.29, 0.717) is 6.42 Å². The van der Waals surface area contributed by atoms with Crippen LogP contribution in [0.1, 0.15) is 30.4 Å². The number of ketones is 1. The summed E-state index contributed by atoms with van der Waals surface area (Å²) in [4.78, 5) is 11.7. The van der Waals surface area contributed by atoms with Crippen molar-refractivity contribution in [2.45, 2.75) is 25.7 Å². The summed E-state index contributed by atoms with van der Waals surface area (Å²) in [6.45, 7) is 1.93. The lowest BCUT2D eigenvalue weighted by Gasteiger charge is -2.25. The molecule has 0 radical (unpaired) electrons. The highest BCUT2D eigenvalue weighted by Gasteiger charge is 2.29. The van der Waals surface area contributed by atoms with Gasteiger partial charge >= 0.3 is 0 Å². The SMILES string of the molecule is COc1ccc(OC)c2c1CCC(=O)[C@@H]2C. The average molecular weight is 220 g/mol. The van der Waals surface area contributed by atoms with Gasteiger partial charge in [-0.2, -0.15) is 0 Å². The molecule has 0 aliphatic heterocycles. The Bertz CT molecular complexity index is 423. The van der Waals surface area contributed by atoms with Gasteiger partial charge in [0, 0.05) is 23.5 Å². The van der Waals surface area contributed by atoms with Crippen molar-refractivity contribution in [3.8, 4) is 11.5 Å². The molecule has 0 unspecified atom stereocenters.